The lowest BCUT2D eigenvalue weighted by atomic mass is 9.94. The molecule has 5 nitrogen and oxygen atoms in total. The third-order valence-corrected chi connectivity index (χ3v) is 6.54. The molecule has 0 bridgehead atoms. The molecule has 0 aromatic heterocycles. The molecule has 31 heavy (non-hydrogen) atoms. The van der Waals surface area contributed by atoms with Crippen molar-refractivity contribution in [3.8, 4) is 5.75 Å². The van der Waals surface area contributed by atoms with E-state index in [1.165, 1.54) is 31.0 Å². The Kier molecular flexibility index (Phi) is 8.41. The molecule has 0 radical (unpaired) electrons. The first kappa shape index (κ1) is 23.2. The lowest BCUT2D eigenvalue weighted by molar-refractivity contribution is -0.129. The van der Waals surface area contributed by atoms with E-state index in [0.717, 1.165) is 23.5 Å². The molecule has 3 rings (SSSR count). The summed E-state index contributed by atoms with van der Waals surface area (Å²) in [4.78, 5) is 28.3. The molecule has 1 saturated carbocycles. The van der Waals surface area contributed by atoms with Crippen molar-refractivity contribution < 1.29 is 14.3 Å². The van der Waals surface area contributed by atoms with Crippen molar-refractivity contribution in [3.63, 3.8) is 0 Å². The average Bonchev–Trinajstić information content (AvgIpc) is 2.78. The van der Waals surface area contributed by atoms with Crippen molar-refractivity contribution in [1.82, 2.24) is 4.90 Å². The summed E-state index contributed by atoms with van der Waals surface area (Å²) in [6.45, 7) is 3.95. The Balaban J connectivity index is 1.60. The number of nitrogens with zero attached hydrogens (tertiary/aromatic N) is 1. The second kappa shape index (κ2) is 11.2. The van der Waals surface area contributed by atoms with Crippen LogP contribution in [0, 0.1) is 0 Å². The van der Waals surface area contributed by atoms with Crippen molar-refractivity contribution in [3.05, 3.63) is 54.1 Å². The Hall–Kier alpha value is -2.47. The van der Waals surface area contributed by atoms with Gasteiger partial charge in [-0.1, -0.05) is 31.4 Å². The van der Waals surface area contributed by atoms with Crippen LogP contribution in [0.25, 0.3) is 0 Å². The van der Waals surface area contributed by atoms with Gasteiger partial charge in [-0.2, -0.15) is 0 Å². The van der Waals surface area contributed by atoms with Crippen LogP contribution >= 0.6 is 11.8 Å². The van der Waals surface area contributed by atoms with Crippen molar-refractivity contribution >= 4 is 29.3 Å². The summed E-state index contributed by atoms with van der Waals surface area (Å²) in [6, 6.07) is 15.1. The quantitative estimate of drug-likeness (QED) is 0.542. The van der Waals surface area contributed by atoms with E-state index in [-0.39, 0.29) is 17.9 Å². The molecule has 1 aliphatic carbocycles. The highest BCUT2D eigenvalue weighted by Crippen LogP contribution is 2.26. The molecule has 0 spiro atoms. The third kappa shape index (κ3) is 6.76. The molecule has 2 amide bonds. The Labute approximate surface area is 189 Å². The van der Waals surface area contributed by atoms with E-state index in [9.17, 15) is 9.59 Å². The molecule has 0 unspecified atom stereocenters. The van der Waals surface area contributed by atoms with Crippen molar-refractivity contribution in [1.29, 1.82) is 0 Å². The van der Waals surface area contributed by atoms with Crippen LogP contribution in [0.5, 0.6) is 5.75 Å². The second-order valence-electron chi connectivity index (χ2n) is 8.23. The molecule has 166 valence electrons. The van der Waals surface area contributed by atoms with Crippen LogP contribution in [0.1, 0.15) is 56.3 Å². The fourth-order valence-electron chi connectivity index (χ4n) is 3.78. The van der Waals surface area contributed by atoms with Gasteiger partial charge >= 0.3 is 0 Å². The van der Waals surface area contributed by atoms with Gasteiger partial charge in [0.25, 0.3) is 5.91 Å². The number of benzene rings is 2. The zero-order chi connectivity index (χ0) is 22.2. The molecular weight excluding hydrogens is 408 g/mol. The molecule has 0 heterocycles. The smallest absolute Gasteiger partial charge is 0.256 e. The molecule has 1 aliphatic rings. The number of amides is 2. The minimum Gasteiger partial charge on any atom is -0.491 e. The first-order chi connectivity index (χ1) is 14.9. The van der Waals surface area contributed by atoms with Crippen LogP contribution in [0.15, 0.2) is 53.4 Å². The monoisotopic (exact) mass is 440 g/mol. The van der Waals surface area contributed by atoms with Gasteiger partial charge in [0, 0.05) is 23.7 Å². The summed E-state index contributed by atoms with van der Waals surface area (Å²) in [7, 11) is 1.91. The number of carbonyl (C=O) groups excluding carboxylic acids is 2. The summed E-state index contributed by atoms with van der Waals surface area (Å²) in [5, 5.41) is 2.94. The summed E-state index contributed by atoms with van der Waals surface area (Å²) < 4.78 is 5.64. The number of carbonyl (C=O) groups is 2. The van der Waals surface area contributed by atoms with Crippen molar-refractivity contribution in [2.45, 2.75) is 63.0 Å². The highest BCUT2D eigenvalue weighted by atomic mass is 32.2. The van der Waals surface area contributed by atoms with Crippen LogP contribution in [0.2, 0.25) is 0 Å². The van der Waals surface area contributed by atoms with Gasteiger partial charge in [-0.25, -0.2) is 0 Å². The van der Waals surface area contributed by atoms with Gasteiger partial charge in [-0.05, 0) is 63.1 Å². The fraction of sp³-hybridized carbons (Fsp3) is 0.440. The van der Waals surface area contributed by atoms with E-state index < -0.39 is 0 Å². The van der Waals surface area contributed by atoms with E-state index in [2.05, 4.69) is 5.32 Å². The minimum atomic E-state index is -0.186. The highest BCUT2D eigenvalue weighted by molar-refractivity contribution is 8.00. The topological polar surface area (TPSA) is 58.6 Å². The Morgan fingerprint density at radius 2 is 1.74 bits per heavy atom. The van der Waals surface area contributed by atoms with Crippen LogP contribution < -0.4 is 10.1 Å². The van der Waals surface area contributed by atoms with Gasteiger partial charge in [0.2, 0.25) is 5.91 Å². The summed E-state index contributed by atoms with van der Waals surface area (Å²) in [5.41, 5.74) is 1.28. The zero-order valence-electron chi connectivity index (χ0n) is 18.6. The van der Waals surface area contributed by atoms with Gasteiger partial charge in [0.1, 0.15) is 5.75 Å². The van der Waals surface area contributed by atoms with E-state index in [4.69, 9.17) is 4.74 Å². The lowest BCUT2D eigenvalue weighted by Crippen LogP contribution is -2.39. The SMILES string of the molecule is CC(C)Oc1ccc(NC(=O)c2ccccc2SCC(=O)N(C)C2CCCCC2)cc1. The molecule has 0 saturated heterocycles. The average molecular weight is 441 g/mol. The molecule has 2 aromatic carbocycles. The number of ether oxygens (including phenoxy) is 1. The fourth-order valence-corrected chi connectivity index (χ4v) is 4.75. The summed E-state index contributed by atoms with van der Waals surface area (Å²) in [5.74, 6) is 1.03. The number of thioether (sulfide) groups is 1. The molecule has 1 fully saturated rings. The molecule has 1 N–H and O–H groups in total. The van der Waals surface area contributed by atoms with Gasteiger partial charge < -0.3 is 15.0 Å². The van der Waals surface area contributed by atoms with E-state index in [1.807, 2.05) is 68.3 Å². The van der Waals surface area contributed by atoms with Crippen LogP contribution in [0.4, 0.5) is 5.69 Å². The van der Waals surface area contributed by atoms with Gasteiger partial charge in [0.15, 0.2) is 0 Å². The molecule has 0 atom stereocenters. The van der Waals surface area contributed by atoms with Crippen molar-refractivity contribution in [2.75, 3.05) is 18.1 Å². The normalized spacial score (nSPS) is 14.3. The molecular formula is C25H32N2O3S. The number of rotatable bonds is 8. The van der Waals surface area contributed by atoms with Crippen LogP contribution in [0.3, 0.4) is 0 Å². The Morgan fingerprint density at radius 1 is 1.06 bits per heavy atom. The number of anilines is 1. The van der Waals surface area contributed by atoms with Crippen LogP contribution in [-0.4, -0.2) is 41.7 Å². The van der Waals surface area contributed by atoms with Crippen molar-refractivity contribution in [2.24, 2.45) is 0 Å². The summed E-state index contributed by atoms with van der Waals surface area (Å²) in [6.07, 6.45) is 5.94. The largest absolute Gasteiger partial charge is 0.491 e. The second-order valence-corrected chi connectivity index (χ2v) is 9.24. The molecule has 6 heteroatoms. The molecule has 0 aliphatic heterocycles. The first-order valence-electron chi connectivity index (χ1n) is 11.0. The predicted molar refractivity (Wildman–Crippen MR) is 127 cm³/mol. The number of nitrogens with one attached hydrogen (secondary N) is 1. The maximum atomic E-state index is 12.9. The number of hydrogen-bond acceptors (Lipinski definition) is 4. The first-order valence-corrected chi connectivity index (χ1v) is 12.0. The Morgan fingerprint density at radius 3 is 2.42 bits per heavy atom. The zero-order valence-corrected chi connectivity index (χ0v) is 19.4. The van der Waals surface area contributed by atoms with Gasteiger partial charge in [-0.15, -0.1) is 11.8 Å². The Bertz CT molecular complexity index is 877. The standard InChI is InChI=1S/C25H32N2O3S/c1-18(2)30-21-15-13-19(14-16-21)26-25(29)22-11-7-8-12-23(22)31-17-24(28)27(3)20-9-5-4-6-10-20/h7-8,11-16,18,20H,4-6,9-10,17H2,1-3H3,(H,26,29). The lowest BCUT2D eigenvalue weighted by Gasteiger charge is -2.31. The summed E-state index contributed by atoms with van der Waals surface area (Å²) >= 11 is 1.42. The number of hydrogen-bond donors (Lipinski definition) is 1. The van der Waals surface area contributed by atoms with E-state index in [0.29, 0.717) is 23.0 Å². The molecule has 2 aromatic rings. The maximum absolute atomic E-state index is 12.9. The van der Waals surface area contributed by atoms with Gasteiger partial charge in [-0.3, -0.25) is 9.59 Å². The predicted octanol–water partition coefficient (Wildman–Crippen LogP) is 5.61. The van der Waals surface area contributed by atoms with Crippen LogP contribution in [-0.2, 0) is 4.79 Å². The minimum absolute atomic E-state index is 0.101. The van der Waals surface area contributed by atoms with E-state index in [1.54, 1.807) is 6.07 Å². The maximum Gasteiger partial charge on any atom is 0.256 e. The highest BCUT2D eigenvalue weighted by Gasteiger charge is 2.22. The van der Waals surface area contributed by atoms with Gasteiger partial charge in [0.05, 0.1) is 17.4 Å². The third-order valence-electron chi connectivity index (χ3n) is 5.48. The van der Waals surface area contributed by atoms with E-state index >= 15 is 0 Å².